The zero-order valence-electron chi connectivity index (χ0n) is 14.6. The van der Waals surface area contributed by atoms with Crippen LogP contribution >= 0.6 is 0 Å². The normalized spacial score (nSPS) is 20.1. The average Bonchev–Trinajstić information content (AvgIpc) is 3.08. The molecule has 3 atom stereocenters. The predicted octanol–water partition coefficient (Wildman–Crippen LogP) is 3.29. The van der Waals surface area contributed by atoms with Crippen molar-refractivity contribution < 1.29 is 14.3 Å². The van der Waals surface area contributed by atoms with Gasteiger partial charge in [0.1, 0.15) is 6.10 Å². The van der Waals surface area contributed by atoms with E-state index in [1.807, 2.05) is 4.90 Å². The fourth-order valence-electron chi connectivity index (χ4n) is 2.73. The zero-order chi connectivity index (χ0) is 16.8. The Morgan fingerprint density at radius 3 is 2.52 bits per heavy atom. The van der Waals surface area contributed by atoms with Gasteiger partial charge in [0.2, 0.25) is 5.88 Å². The number of carbonyl (C=O) groups is 1. The average molecular weight is 320 g/mol. The predicted molar refractivity (Wildman–Crippen MR) is 89.8 cm³/mol. The van der Waals surface area contributed by atoms with Crippen LogP contribution in [0, 0.1) is 0 Å². The lowest BCUT2D eigenvalue weighted by Crippen LogP contribution is -2.44. The van der Waals surface area contributed by atoms with Crippen LogP contribution in [0.1, 0.15) is 57.3 Å². The van der Waals surface area contributed by atoms with Gasteiger partial charge in [-0.25, -0.2) is 4.98 Å². The summed E-state index contributed by atoms with van der Waals surface area (Å²) in [5.41, 5.74) is 0.612. The van der Waals surface area contributed by atoms with Gasteiger partial charge in [-0.2, -0.15) is 0 Å². The Kier molecular flexibility index (Phi) is 6.39. The van der Waals surface area contributed by atoms with Crippen LogP contribution < -0.4 is 4.74 Å². The molecule has 0 aromatic carbocycles. The quantitative estimate of drug-likeness (QED) is 0.773. The highest BCUT2D eigenvalue weighted by Gasteiger charge is 2.25. The smallest absolute Gasteiger partial charge is 0.255 e. The Hall–Kier alpha value is -1.62. The molecule has 2 rings (SSSR count). The number of hydrogen-bond donors (Lipinski definition) is 0. The third-order valence-electron chi connectivity index (χ3n) is 4.52. The number of ether oxygens (including phenoxy) is 2. The molecule has 0 bridgehead atoms. The summed E-state index contributed by atoms with van der Waals surface area (Å²) in [6.07, 6.45) is 4.45. The maximum Gasteiger partial charge on any atom is 0.255 e. The molecule has 23 heavy (non-hydrogen) atoms. The van der Waals surface area contributed by atoms with Gasteiger partial charge >= 0.3 is 0 Å². The van der Waals surface area contributed by atoms with Crippen molar-refractivity contribution in [3.63, 3.8) is 0 Å². The first kappa shape index (κ1) is 17.7. The monoisotopic (exact) mass is 320 g/mol. The molecule has 128 valence electrons. The van der Waals surface area contributed by atoms with Crippen molar-refractivity contribution in [1.29, 1.82) is 0 Å². The molecule has 1 aliphatic heterocycles. The van der Waals surface area contributed by atoms with Crippen LogP contribution in [-0.4, -0.2) is 47.2 Å². The second-order valence-corrected chi connectivity index (χ2v) is 6.22. The van der Waals surface area contributed by atoms with Gasteiger partial charge in [0, 0.05) is 30.8 Å². The minimum Gasteiger partial charge on any atom is -0.472 e. The molecule has 1 aliphatic rings. The van der Waals surface area contributed by atoms with Gasteiger partial charge in [-0.3, -0.25) is 4.79 Å². The van der Waals surface area contributed by atoms with E-state index in [0.717, 1.165) is 25.9 Å². The molecule has 1 amide bonds. The lowest BCUT2D eigenvalue weighted by atomic mass is 10.1. The van der Waals surface area contributed by atoms with E-state index in [0.29, 0.717) is 18.1 Å². The van der Waals surface area contributed by atoms with E-state index >= 15 is 0 Å². The van der Waals surface area contributed by atoms with Gasteiger partial charge in [-0.05, 0) is 32.8 Å². The van der Waals surface area contributed by atoms with Crippen molar-refractivity contribution in [3.05, 3.63) is 23.9 Å². The lowest BCUT2D eigenvalue weighted by molar-refractivity contribution is 0.0597. The summed E-state index contributed by atoms with van der Waals surface area (Å²) in [5.74, 6) is 0.590. The first-order valence-corrected chi connectivity index (χ1v) is 8.59. The van der Waals surface area contributed by atoms with Crippen LogP contribution in [-0.2, 0) is 4.74 Å². The summed E-state index contributed by atoms with van der Waals surface area (Å²) in [6.45, 7) is 9.74. The van der Waals surface area contributed by atoms with Crippen molar-refractivity contribution in [3.8, 4) is 5.88 Å². The Bertz CT molecular complexity index is 487. The molecule has 0 saturated carbocycles. The van der Waals surface area contributed by atoms with E-state index in [2.05, 4.69) is 32.7 Å². The van der Waals surface area contributed by atoms with Gasteiger partial charge in [0.15, 0.2) is 0 Å². The number of nitrogens with zero attached hydrogens (tertiary/aromatic N) is 2. The number of hydrogen-bond acceptors (Lipinski definition) is 4. The number of rotatable bonds is 7. The van der Waals surface area contributed by atoms with Gasteiger partial charge in [-0.1, -0.05) is 13.8 Å². The van der Waals surface area contributed by atoms with Crippen molar-refractivity contribution in [1.82, 2.24) is 9.88 Å². The molecule has 0 N–H and O–H groups in total. The maximum absolute atomic E-state index is 12.8. The van der Waals surface area contributed by atoms with Crippen LogP contribution in [0.5, 0.6) is 5.88 Å². The first-order chi connectivity index (χ1) is 11.1. The van der Waals surface area contributed by atoms with Crippen LogP contribution in [0.25, 0.3) is 0 Å². The van der Waals surface area contributed by atoms with Crippen LogP contribution in [0.2, 0.25) is 0 Å². The Morgan fingerprint density at radius 2 is 2.04 bits per heavy atom. The third-order valence-corrected chi connectivity index (χ3v) is 4.52. The zero-order valence-corrected chi connectivity index (χ0v) is 14.6. The second-order valence-electron chi connectivity index (χ2n) is 6.22. The van der Waals surface area contributed by atoms with E-state index in [1.165, 1.54) is 0 Å². The molecule has 1 aromatic rings. The number of aromatic nitrogens is 1. The molecule has 1 fully saturated rings. The summed E-state index contributed by atoms with van der Waals surface area (Å²) < 4.78 is 11.0. The van der Waals surface area contributed by atoms with Crippen molar-refractivity contribution >= 4 is 5.91 Å². The lowest BCUT2D eigenvalue weighted by Gasteiger charge is -2.34. The number of amides is 1. The SMILES string of the molecule is CCC(C)N(C(=O)c1ccc(OC2CCOC2)nc1)C(C)CC. The second kappa shape index (κ2) is 8.29. The van der Waals surface area contributed by atoms with Gasteiger partial charge in [0.25, 0.3) is 5.91 Å². The fourth-order valence-corrected chi connectivity index (χ4v) is 2.73. The molecule has 5 nitrogen and oxygen atoms in total. The van der Waals surface area contributed by atoms with E-state index in [4.69, 9.17) is 9.47 Å². The van der Waals surface area contributed by atoms with Crippen molar-refractivity contribution in [2.45, 2.75) is 65.1 Å². The maximum atomic E-state index is 12.8. The highest BCUT2D eigenvalue weighted by molar-refractivity contribution is 5.94. The van der Waals surface area contributed by atoms with Gasteiger partial charge < -0.3 is 14.4 Å². The summed E-state index contributed by atoms with van der Waals surface area (Å²) in [4.78, 5) is 19.1. The molecule has 0 aliphatic carbocycles. The molecular formula is C18H28N2O3. The minimum absolute atomic E-state index is 0.0388. The van der Waals surface area contributed by atoms with Gasteiger partial charge in [0.05, 0.1) is 18.8 Å². The Balaban J connectivity index is 2.07. The molecule has 1 saturated heterocycles. The highest BCUT2D eigenvalue weighted by atomic mass is 16.5. The first-order valence-electron chi connectivity index (χ1n) is 8.59. The van der Waals surface area contributed by atoms with Crippen molar-refractivity contribution in [2.24, 2.45) is 0 Å². The Labute approximate surface area is 139 Å². The van der Waals surface area contributed by atoms with E-state index in [1.54, 1.807) is 18.3 Å². The van der Waals surface area contributed by atoms with E-state index in [-0.39, 0.29) is 24.1 Å². The molecular weight excluding hydrogens is 292 g/mol. The molecule has 5 heteroatoms. The number of carbonyl (C=O) groups excluding carboxylic acids is 1. The minimum atomic E-state index is 0.0388. The summed E-state index contributed by atoms with van der Waals surface area (Å²) in [5, 5.41) is 0. The van der Waals surface area contributed by atoms with Crippen LogP contribution in [0.4, 0.5) is 0 Å². The molecule has 0 spiro atoms. The fraction of sp³-hybridized carbons (Fsp3) is 0.667. The summed E-state index contributed by atoms with van der Waals surface area (Å²) in [7, 11) is 0. The topological polar surface area (TPSA) is 51.7 Å². The third kappa shape index (κ3) is 4.44. The van der Waals surface area contributed by atoms with E-state index < -0.39 is 0 Å². The Morgan fingerprint density at radius 1 is 1.35 bits per heavy atom. The van der Waals surface area contributed by atoms with Crippen LogP contribution in [0.3, 0.4) is 0 Å². The summed E-state index contributed by atoms with van der Waals surface area (Å²) in [6, 6.07) is 4.00. The molecule has 2 heterocycles. The van der Waals surface area contributed by atoms with E-state index in [9.17, 15) is 4.79 Å². The van der Waals surface area contributed by atoms with Crippen LogP contribution in [0.15, 0.2) is 18.3 Å². The molecule has 3 unspecified atom stereocenters. The highest BCUT2D eigenvalue weighted by Crippen LogP contribution is 2.19. The molecule has 0 radical (unpaired) electrons. The summed E-state index contributed by atoms with van der Waals surface area (Å²) >= 11 is 0. The largest absolute Gasteiger partial charge is 0.472 e. The molecule has 1 aromatic heterocycles. The van der Waals surface area contributed by atoms with Crippen molar-refractivity contribution in [2.75, 3.05) is 13.2 Å². The standard InChI is InChI=1S/C18H28N2O3/c1-5-13(3)20(14(4)6-2)18(21)15-7-8-17(19-11-15)23-16-9-10-22-12-16/h7-8,11,13-14,16H,5-6,9-10,12H2,1-4H3. The number of pyridine rings is 1. The van der Waals surface area contributed by atoms with Gasteiger partial charge in [-0.15, -0.1) is 0 Å².